The van der Waals surface area contributed by atoms with E-state index in [2.05, 4.69) is 21.2 Å². The van der Waals surface area contributed by atoms with Gasteiger partial charge in [0.1, 0.15) is 18.3 Å². The number of carbonyl (C=O) groups excluding carboxylic acids is 2. The summed E-state index contributed by atoms with van der Waals surface area (Å²) in [4.78, 5) is 29.4. The van der Waals surface area contributed by atoms with Gasteiger partial charge in [0, 0.05) is 23.0 Å². The Bertz CT molecular complexity index is 1420. The van der Waals surface area contributed by atoms with E-state index in [1.54, 1.807) is 24.3 Å². The maximum atomic E-state index is 14.2. The van der Waals surface area contributed by atoms with Crippen LogP contribution in [-0.2, 0) is 32.6 Å². The van der Waals surface area contributed by atoms with Gasteiger partial charge in [0.15, 0.2) is 0 Å². The largest absolute Gasteiger partial charge is 0.495 e. The van der Waals surface area contributed by atoms with E-state index in [9.17, 15) is 18.0 Å². The van der Waals surface area contributed by atoms with Crippen LogP contribution in [0.3, 0.4) is 0 Å². The van der Waals surface area contributed by atoms with E-state index >= 15 is 0 Å². The molecule has 1 N–H and O–H groups in total. The molecule has 40 heavy (non-hydrogen) atoms. The van der Waals surface area contributed by atoms with Crippen LogP contribution in [0.15, 0.2) is 83.3 Å². The van der Waals surface area contributed by atoms with E-state index in [4.69, 9.17) is 4.74 Å². The molecule has 0 heterocycles. The number of sulfonamides is 1. The molecule has 3 aromatic rings. The molecule has 0 radical (unpaired) electrons. The Morgan fingerprint density at radius 3 is 2.17 bits per heavy atom. The first-order valence-electron chi connectivity index (χ1n) is 12.8. The number of nitrogens with zero attached hydrogens (tertiary/aromatic N) is 2. The predicted molar refractivity (Wildman–Crippen MR) is 162 cm³/mol. The number of rotatable bonds is 11. The zero-order valence-corrected chi connectivity index (χ0v) is 25.8. The molecule has 2 amide bonds. The second kappa shape index (κ2) is 13.3. The van der Waals surface area contributed by atoms with Gasteiger partial charge in [-0.1, -0.05) is 70.5 Å². The second-order valence-corrected chi connectivity index (χ2v) is 13.4. The summed E-state index contributed by atoms with van der Waals surface area (Å²) in [6.07, 6.45) is 1.29. The van der Waals surface area contributed by atoms with Crippen molar-refractivity contribution in [2.24, 2.45) is 0 Å². The summed E-state index contributed by atoms with van der Waals surface area (Å²) in [6, 6.07) is 22.6. The van der Waals surface area contributed by atoms with Crippen molar-refractivity contribution in [3.05, 3.63) is 94.5 Å². The molecule has 0 aliphatic carbocycles. The van der Waals surface area contributed by atoms with Gasteiger partial charge in [-0.05, 0) is 56.2 Å². The van der Waals surface area contributed by atoms with E-state index < -0.39 is 34.1 Å². The zero-order chi connectivity index (χ0) is 29.5. The number of amides is 2. The molecule has 3 aromatic carbocycles. The molecule has 0 saturated heterocycles. The maximum absolute atomic E-state index is 14.2. The van der Waals surface area contributed by atoms with Crippen molar-refractivity contribution < 1.29 is 22.7 Å². The highest BCUT2D eigenvalue weighted by Crippen LogP contribution is 2.30. The van der Waals surface area contributed by atoms with Crippen molar-refractivity contribution >= 4 is 43.5 Å². The molecule has 8 nitrogen and oxygen atoms in total. The molecule has 0 unspecified atom stereocenters. The average molecular weight is 631 g/mol. The molecule has 0 aliphatic heterocycles. The predicted octanol–water partition coefficient (Wildman–Crippen LogP) is 4.78. The van der Waals surface area contributed by atoms with Crippen LogP contribution in [-0.4, -0.2) is 56.6 Å². The lowest BCUT2D eigenvalue weighted by atomic mass is 10.0. The number of hydrogen-bond acceptors (Lipinski definition) is 5. The van der Waals surface area contributed by atoms with Crippen LogP contribution in [0.2, 0.25) is 0 Å². The van der Waals surface area contributed by atoms with Crippen molar-refractivity contribution in [3.63, 3.8) is 0 Å². The molecular weight excluding hydrogens is 594 g/mol. The summed E-state index contributed by atoms with van der Waals surface area (Å²) >= 11 is 3.48. The number of halogens is 1. The summed E-state index contributed by atoms with van der Waals surface area (Å²) in [6.45, 7) is 5.20. The molecular formula is C30H36BrN3O5S. The number of carbonyl (C=O) groups is 2. The van der Waals surface area contributed by atoms with Gasteiger partial charge >= 0.3 is 0 Å². The lowest BCUT2D eigenvalue weighted by Gasteiger charge is -2.35. The third-order valence-corrected chi connectivity index (χ3v) is 7.66. The Labute approximate surface area is 245 Å². The average Bonchev–Trinajstić information content (AvgIpc) is 2.88. The molecule has 0 fully saturated rings. The molecule has 10 heteroatoms. The number of nitrogens with one attached hydrogen (secondary N) is 1. The zero-order valence-electron chi connectivity index (χ0n) is 23.4. The normalized spacial score (nSPS) is 12.3. The minimum absolute atomic E-state index is 0.0941. The third-order valence-electron chi connectivity index (χ3n) is 6.04. The van der Waals surface area contributed by atoms with E-state index in [1.807, 2.05) is 75.4 Å². The fourth-order valence-corrected chi connectivity index (χ4v) is 5.57. The molecule has 214 valence electrons. The highest BCUT2D eigenvalue weighted by atomic mass is 79.9. The number of anilines is 1. The minimum Gasteiger partial charge on any atom is -0.495 e. The SMILES string of the molecule is COc1ccccc1N(CC(=O)N(Cc1cccc(Br)c1)[C@H](Cc1ccccc1)C(=O)NC(C)(C)C)S(C)(=O)=O. The first kappa shape index (κ1) is 31.2. The smallest absolute Gasteiger partial charge is 0.244 e. The van der Waals surface area contributed by atoms with Gasteiger partial charge in [-0.25, -0.2) is 8.42 Å². The van der Waals surface area contributed by atoms with E-state index in [0.29, 0.717) is 5.75 Å². The van der Waals surface area contributed by atoms with Gasteiger partial charge < -0.3 is 15.0 Å². The number of benzene rings is 3. The van der Waals surface area contributed by atoms with Crippen LogP contribution in [0, 0.1) is 0 Å². The quantitative estimate of drug-likeness (QED) is 0.329. The molecule has 0 saturated carbocycles. The highest BCUT2D eigenvalue weighted by Gasteiger charge is 2.34. The second-order valence-electron chi connectivity index (χ2n) is 10.5. The molecule has 0 aliphatic rings. The van der Waals surface area contributed by atoms with Crippen molar-refractivity contribution in [1.82, 2.24) is 10.2 Å². The maximum Gasteiger partial charge on any atom is 0.244 e. The number of ether oxygens (including phenoxy) is 1. The summed E-state index contributed by atoms with van der Waals surface area (Å²) in [5.74, 6) is -0.547. The molecule has 0 aromatic heterocycles. The lowest BCUT2D eigenvalue weighted by molar-refractivity contribution is -0.140. The van der Waals surface area contributed by atoms with Crippen molar-refractivity contribution in [2.75, 3.05) is 24.2 Å². The van der Waals surface area contributed by atoms with Crippen LogP contribution >= 0.6 is 15.9 Å². The Hall–Kier alpha value is -3.37. The Balaban J connectivity index is 2.10. The van der Waals surface area contributed by atoms with Crippen molar-refractivity contribution in [1.29, 1.82) is 0 Å². The highest BCUT2D eigenvalue weighted by molar-refractivity contribution is 9.10. The van der Waals surface area contributed by atoms with Crippen LogP contribution in [0.25, 0.3) is 0 Å². The molecule has 0 spiro atoms. The summed E-state index contributed by atoms with van der Waals surface area (Å²) in [7, 11) is -2.46. The van der Waals surface area contributed by atoms with E-state index in [0.717, 1.165) is 26.2 Å². The van der Waals surface area contributed by atoms with E-state index in [-0.39, 0.29) is 24.6 Å². The minimum atomic E-state index is -3.89. The Kier molecular flexibility index (Phi) is 10.4. The fourth-order valence-electron chi connectivity index (χ4n) is 4.27. The van der Waals surface area contributed by atoms with Gasteiger partial charge in [-0.2, -0.15) is 0 Å². The standard InChI is InChI=1S/C30H36BrN3O5S/c1-30(2,3)32-29(36)26(19-22-12-7-6-8-13-22)33(20-23-14-11-15-24(31)18-23)28(35)21-34(40(5,37)38)25-16-9-10-17-27(25)39-4/h6-18,26H,19-21H2,1-5H3,(H,32,36)/t26-/m1/s1. The van der Waals surface area contributed by atoms with Gasteiger partial charge in [-0.3, -0.25) is 13.9 Å². The molecule has 0 bridgehead atoms. The van der Waals surface area contributed by atoms with Crippen LogP contribution < -0.4 is 14.4 Å². The van der Waals surface area contributed by atoms with Crippen LogP contribution in [0.5, 0.6) is 5.75 Å². The molecule has 3 rings (SSSR count). The summed E-state index contributed by atoms with van der Waals surface area (Å²) in [5, 5.41) is 3.01. The van der Waals surface area contributed by atoms with E-state index in [1.165, 1.54) is 12.0 Å². The first-order valence-corrected chi connectivity index (χ1v) is 15.4. The van der Waals surface area contributed by atoms with Gasteiger partial charge in [0.2, 0.25) is 21.8 Å². The topological polar surface area (TPSA) is 96.0 Å². The number of hydrogen-bond donors (Lipinski definition) is 1. The summed E-state index contributed by atoms with van der Waals surface area (Å²) in [5.41, 5.74) is 1.34. The summed E-state index contributed by atoms with van der Waals surface area (Å²) < 4.78 is 33.1. The monoisotopic (exact) mass is 629 g/mol. The number of para-hydroxylation sites is 2. The Morgan fingerprint density at radius 1 is 0.950 bits per heavy atom. The van der Waals surface area contributed by atoms with Gasteiger partial charge in [0.05, 0.1) is 19.1 Å². The van der Waals surface area contributed by atoms with Crippen molar-refractivity contribution in [2.45, 2.75) is 45.3 Å². The number of methoxy groups -OCH3 is 1. The van der Waals surface area contributed by atoms with Crippen LogP contribution in [0.4, 0.5) is 5.69 Å². The fraction of sp³-hybridized carbons (Fsp3) is 0.333. The lowest BCUT2D eigenvalue weighted by Crippen LogP contribution is -2.56. The Morgan fingerprint density at radius 2 is 1.57 bits per heavy atom. The first-order chi connectivity index (χ1) is 18.8. The third kappa shape index (κ3) is 8.82. The van der Waals surface area contributed by atoms with Gasteiger partial charge in [0.25, 0.3) is 0 Å². The van der Waals surface area contributed by atoms with Crippen LogP contribution in [0.1, 0.15) is 31.9 Å². The molecule has 1 atom stereocenters. The van der Waals surface area contributed by atoms with Gasteiger partial charge in [-0.15, -0.1) is 0 Å². The van der Waals surface area contributed by atoms with Crippen molar-refractivity contribution in [3.8, 4) is 5.75 Å².